The number of aliphatic imine (C=N–C) groups is 1. The lowest BCUT2D eigenvalue weighted by Crippen LogP contribution is -2.30. The van der Waals surface area contributed by atoms with Gasteiger partial charge in [-0.2, -0.15) is 0 Å². The number of primary sulfonamides is 1. The Hall–Kier alpha value is -3.50. The van der Waals surface area contributed by atoms with E-state index in [4.69, 9.17) is 26.5 Å². The van der Waals surface area contributed by atoms with Crippen molar-refractivity contribution in [3.8, 4) is 11.1 Å². The molecule has 0 radical (unpaired) electrons. The number of halogens is 1. The van der Waals surface area contributed by atoms with Crippen molar-refractivity contribution in [3.05, 3.63) is 118 Å². The second kappa shape index (κ2) is 10.2. The zero-order valence-corrected chi connectivity index (χ0v) is 23.3. The minimum atomic E-state index is -4.19. The Morgan fingerprint density at radius 2 is 1.56 bits per heavy atom. The summed E-state index contributed by atoms with van der Waals surface area (Å²) in [6, 6.07) is 26.3. The van der Waals surface area contributed by atoms with Crippen LogP contribution in [0.3, 0.4) is 0 Å². The lowest BCUT2D eigenvalue weighted by atomic mass is 9.79. The highest BCUT2D eigenvalue weighted by Crippen LogP contribution is 2.43. The van der Waals surface area contributed by atoms with E-state index in [-0.39, 0.29) is 22.8 Å². The van der Waals surface area contributed by atoms with Gasteiger partial charge < -0.3 is 4.74 Å². The topological polar surface area (TPSA) is 116 Å². The average molecular weight is 581 g/mol. The van der Waals surface area contributed by atoms with E-state index in [9.17, 15) is 16.8 Å². The van der Waals surface area contributed by atoms with Crippen molar-refractivity contribution in [1.82, 2.24) is 0 Å². The maximum Gasteiger partial charge on any atom is 0.238 e. The third-order valence-electron chi connectivity index (χ3n) is 6.76. The van der Waals surface area contributed by atoms with E-state index in [0.717, 1.165) is 17.4 Å². The predicted octanol–water partition coefficient (Wildman–Crippen LogP) is 4.95. The van der Waals surface area contributed by atoms with Crippen LogP contribution in [0.4, 0.5) is 0 Å². The van der Waals surface area contributed by atoms with Crippen molar-refractivity contribution in [1.29, 1.82) is 0 Å². The molecule has 0 saturated heterocycles. The molecular formula is C29H25ClN2O5S2. The number of sulfonamides is 1. The molecule has 0 bridgehead atoms. The highest BCUT2D eigenvalue weighted by atomic mass is 35.5. The maximum absolute atomic E-state index is 13.1. The van der Waals surface area contributed by atoms with Gasteiger partial charge in [-0.25, -0.2) is 27.0 Å². The van der Waals surface area contributed by atoms with Gasteiger partial charge in [0.1, 0.15) is 12.1 Å². The third-order valence-corrected chi connectivity index (χ3v) is 9.12. The molecular weight excluding hydrogens is 556 g/mol. The molecule has 0 aromatic heterocycles. The van der Waals surface area contributed by atoms with Crippen LogP contribution in [-0.2, 0) is 36.6 Å². The molecule has 0 amide bonds. The van der Waals surface area contributed by atoms with Crippen LogP contribution in [0.1, 0.15) is 22.3 Å². The Balaban J connectivity index is 1.82. The number of ether oxygens (including phenoxy) is 1. The van der Waals surface area contributed by atoms with Crippen LogP contribution in [0.2, 0.25) is 5.02 Å². The fourth-order valence-corrected chi connectivity index (χ4v) is 6.39. The average Bonchev–Trinajstić information content (AvgIpc) is 3.40. The maximum atomic E-state index is 13.1. The highest BCUT2D eigenvalue weighted by Gasteiger charge is 2.41. The number of rotatable bonds is 7. The molecule has 1 unspecified atom stereocenters. The molecule has 1 heterocycles. The molecule has 1 atom stereocenters. The lowest BCUT2D eigenvalue weighted by molar-refractivity contribution is 0.289. The summed E-state index contributed by atoms with van der Waals surface area (Å²) < 4.78 is 55.8. The molecule has 0 fully saturated rings. The summed E-state index contributed by atoms with van der Waals surface area (Å²) in [4.78, 5) is 4.86. The van der Waals surface area contributed by atoms with Crippen molar-refractivity contribution in [2.75, 3.05) is 12.9 Å². The second-order valence-corrected chi connectivity index (χ2v) is 13.4. The summed E-state index contributed by atoms with van der Waals surface area (Å²) in [6.07, 6.45) is 2.77. The van der Waals surface area contributed by atoms with Crippen LogP contribution in [0.5, 0.6) is 0 Å². The zero-order chi connectivity index (χ0) is 27.8. The highest BCUT2D eigenvalue weighted by molar-refractivity contribution is 7.90. The largest absolute Gasteiger partial charge is 0.480 e. The smallest absolute Gasteiger partial charge is 0.238 e. The van der Waals surface area contributed by atoms with E-state index in [0.29, 0.717) is 27.3 Å². The predicted molar refractivity (Wildman–Crippen MR) is 152 cm³/mol. The molecule has 4 aromatic rings. The van der Waals surface area contributed by atoms with Crippen LogP contribution in [0, 0.1) is 0 Å². The Labute approximate surface area is 232 Å². The number of benzene rings is 4. The standard InChI is InChI=1S/C29H25ClN2O5S2/c1-38(33,34)25-13-7-21(8-14-25)22-16-27(29(18-37-19-32-29)23-9-11-24(30)12-10-23)26(28(17-22)39(31,35)36)15-20-5-3-2-4-6-20/h2-14,16-17,19H,15,18H2,1H3,(H2,31,35,36). The molecule has 0 spiro atoms. The zero-order valence-electron chi connectivity index (χ0n) is 20.9. The molecule has 1 aliphatic heterocycles. The summed E-state index contributed by atoms with van der Waals surface area (Å²) in [7, 11) is -7.60. The van der Waals surface area contributed by atoms with Crippen molar-refractivity contribution in [2.24, 2.45) is 10.1 Å². The van der Waals surface area contributed by atoms with Crippen LogP contribution in [0.15, 0.2) is 106 Å². The minimum absolute atomic E-state index is 0.0403. The molecule has 39 heavy (non-hydrogen) atoms. The number of hydrogen-bond acceptors (Lipinski definition) is 6. The minimum Gasteiger partial charge on any atom is -0.480 e. The summed E-state index contributed by atoms with van der Waals surface area (Å²) in [5, 5.41) is 6.36. The molecule has 0 aliphatic carbocycles. The lowest BCUT2D eigenvalue weighted by Gasteiger charge is -2.30. The molecule has 2 N–H and O–H groups in total. The van der Waals surface area contributed by atoms with Crippen LogP contribution in [0.25, 0.3) is 11.1 Å². The first-order valence-electron chi connectivity index (χ1n) is 11.9. The Bertz CT molecular complexity index is 1770. The SMILES string of the molecule is CS(=O)(=O)c1ccc(-c2cc(C3(c4ccc(Cl)cc4)COC=N3)c(Cc3ccccc3)c(S(N)(=O)=O)c2)cc1. The van der Waals surface area contributed by atoms with Crippen molar-refractivity contribution >= 4 is 37.9 Å². The third kappa shape index (κ3) is 5.49. The monoisotopic (exact) mass is 580 g/mol. The Kier molecular flexibility index (Phi) is 7.11. The molecule has 1 aliphatic rings. The summed E-state index contributed by atoms with van der Waals surface area (Å²) in [6.45, 7) is 0.136. The van der Waals surface area contributed by atoms with Gasteiger partial charge in [0.05, 0.1) is 9.79 Å². The van der Waals surface area contributed by atoms with Crippen molar-refractivity contribution in [2.45, 2.75) is 21.8 Å². The molecule has 7 nitrogen and oxygen atoms in total. The van der Waals surface area contributed by atoms with E-state index in [1.165, 1.54) is 24.6 Å². The normalized spacial score (nSPS) is 17.2. The first-order chi connectivity index (χ1) is 18.5. The molecule has 10 heteroatoms. The molecule has 5 rings (SSSR count). The first kappa shape index (κ1) is 27.1. The Morgan fingerprint density at radius 3 is 2.13 bits per heavy atom. The quantitative estimate of drug-likeness (QED) is 0.332. The van der Waals surface area contributed by atoms with Gasteiger partial charge in [-0.1, -0.05) is 66.2 Å². The van der Waals surface area contributed by atoms with E-state index < -0.39 is 25.4 Å². The van der Waals surface area contributed by atoms with E-state index in [1.54, 1.807) is 24.3 Å². The Morgan fingerprint density at radius 1 is 0.897 bits per heavy atom. The summed E-state index contributed by atoms with van der Waals surface area (Å²) in [5.41, 5.74) is 2.85. The van der Waals surface area contributed by atoms with E-state index >= 15 is 0 Å². The molecule has 0 saturated carbocycles. The van der Waals surface area contributed by atoms with Crippen LogP contribution < -0.4 is 5.14 Å². The summed E-state index contributed by atoms with van der Waals surface area (Å²) >= 11 is 6.18. The van der Waals surface area contributed by atoms with Gasteiger partial charge in [0, 0.05) is 11.3 Å². The number of nitrogens with two attached hydrogens (primary N) is 1. The van der Waals surface area contributed by atoms with E-state index in [2.05, 4.69) is 0 Å². The number of hydrogen-bond donors (Lipinski definition) is 1. The summed E-state index contributed by atoms with van der Waals surface area (Å²) in [5.74, 6) is 0. The second-order valence-electron chi connectivity index (χ2n) is 9.42. The fraction of sp³-hybridized carbons (Fsp3) is 0.138. The van der Waals surface area contributed by atoms with Gasteiger partial charge in [-0.3, -0.25) is 0 Å². The van der Waals surface area contributed by atoms with Gasteiger partial charge in [0.15, 0.2) is 16.2 Å². The van der Waals surface area contributed by atoms with Gasteiger partial charge in [-0.15, -0.1) is 0 Å². The van der Waals surface area contributed by atoms with Gasteiger partial charge in [0.2, 0.25) is 10.0 Å². The number of nitrogens with zero attached hydrogens (tertiary/aromatic N) is 1. The van der Waals surface area contributed by atoms with Crippen LogP contribution in [-0.4, -0.2) is 36.1 Å². The fourth-order valence-electron chi connectivity index (χ4n) is 4.82. The van der Waals surface area contributed by atoms with E-state index in [1.807, 2.05) is 48.5 Å². The molecule has 4 aromatic carbocycles. The van der Waals surface area contributed by atoms with Crippen LogP contribution >= 0.6 is 11.6 Å². The van der Waals surface area contributed by atoms with Gasteiger partial charge in [-0.05, 0) is 76.2 Å². The van der Waals surface area contributed by atoms with Crippen molar-refractivity contribution < 1.29 is 21.6 Å². The van der Waals surface area contributed by atoms with Gasteiger partial charge in [0.25, 0.3) is 0 Å². The van der Waals surface area contributed by atoms with Gasteiger partial charge >= 0.3 is 0 Å². The van der Waals surface area contributed by atoms with Crippen molar-refractivity contribution in [3.63, 3.8) is 0 Å². The first-order valence-corrected chi connectivity index (χ1v) is 15.7. The number of sulfone groups is 1. The molecule has 200 valence electrons.